The summed E-state index contributed by atoms with van der Waals surface area (Å²) in [4.78, 5) is 25.8. The van der Waals surface area contributed by atoms with Gasteiger partial charge in [-0.3, -0.25) is 9.59 Å². The predicted molar refractivity (Wildman–Crippen MR) is 113 cm³/mol. The number of amides is 2. The normalized spacial score (nSPS) is 19.1. The Morgan fingerprint density at radius 1 is 1.18 bits per heavy atom. The van der Waals surface area contributed by atoms with Crippen LogP contribution in [-0.2, 0) is 16.0 Å². The van der Waals surface area contributed by atoms with E-state index < -0.39 is 6.04 Å². The van der Waals surface area contributed by atoms with E-state index in [1.807, 2.05) is 18.2 Å². The number of halogens is 1. The van der Waals surface area contributed by atoms with Crippen molar-refractivity contribution in [3.05, 3.63) is 66.0 Å². The van der Waals surface area contributed by atoms with Gasteiger partial charge in [-0.05, 0) is 42.4 Å². The van der Waals surface area contributed by atoms with Crippen LogP contribution in [0.4, 0.5) is 4.39 Å². The van der Waals surface area contributed by atoms with E-state index in [-0.39, 0.29) is 22.9 Å². The highest BCUT2D eigenvalue weighted by molar-refractivity contribution is 8.00. The third-order valence-electron chi connectivity index (χ3n) is 4.38. The van der Waals surface area contributed by atoms with Gasteiger partial charge in [-0.15, -0.1) is 23.5 Å². The van der Waals surface area contributed by atoms with Gasteiger partial charge in [0.2, 0.25) is 11.8 Å². The van der Waals surface area contributed by atoms with E-state index in [1.54, 1.807) is 30.0 Å². The molecule has 2 aromatic rings. The van der Waals surface area contributed by atoms with Gasteiger partial charge >= 0.3 is 0 Å². The predicted octanol–water partition coefficient (Wildman–Crippen LogP) is 3.27. The van der Waals surface area contributed by atoms with Crippen molar-refractivity contribution in [1.29, 1.82) is 0 Å². The first-order valence-corrected chi connectivity index (χ1v) is 11.3. The van der Waals surface area contributed by atoms with Crippen molar-refractivity contribution in [3.8, 4) is 0 Å². The molecule has 2 unspecified atom stereocenters. The standard InChI is InChI=1S/C21H23FN2O2S2/c22-17-10-5-4-7-15(17)13-19-21(26)24-18(14-28-19)20(25)23-11-6-12-27-16-8-2-1-3-9-16/h1-5,7-10,18-19H,6,11-14H2,(H,23,25)(H,24,26). The van der Waals surface area contributed by atoms with E-state index in [0.29, 0.717) is 24.3 Å². The molecular formula is C21H23FN2O2S2. The van der Waals surface area contributed by atoms with Crippen LogP contribution in [-0.4, -0.2) is 41.2 Å². The fourth-order valence-electron chi connectivity index (χ4n) is 2.86. The molecule has 2 aromatic carbocycles. The lowest BCUT2D eigenvalue weighted by Gasteiger charge is -2.28. The number of rotatable bonds is 8. The molecule has 28 heavy (non-hydrogen) atoms. The first-order chi connectivity index (χ1) is 13.6. The molecule has 148 valence electrons. The molecule has 3 rings (SSSR count). The summed E-state index contributed by atoms with van der Waals surface area (Å²) in [6.45, 7) is 0.578. The van der Waals surface area contributed by atoms with Crippen molar-refractivity contribution in [2.45, 2.75) is 29.0 Å². The highest BCUT2D eigenvalue weighted by Crippen LogP contribution is 2.23. The maximum Gasteiger partial charge on any atom is 0.243 e. The van der Waals surface area contributed by atoms with Gasteiger partial charge < -0.3 is 10.6 Å². The van der Waals surface area contributed by atoms with Gasteiger partial charge in [0.05, 0.1) is 5.25 Å². The number of hydrogen-bond acceptors (Lipinski definition) is 4. The lowest BCUT2D eigenvalue weighted by atomic mass is 10.1. The maximum atomic E-state index is 13.8. The van der Waals surface area contributed by atoms with Crippen LogP contribution < -0.4 is 10.6 Å². The SMILES string of the molecule is O=C(NCCCSc1ccccc1)C1CSC(Cc2ccccc2F)C(=O)N1. The van der Waals surface area contributed by atoms with Gasteiger partial charge in [0.25, 0.3) is 0 Å². The zero-order chi connectivity index (χ0) is 19.8. The minimum absolute atomic E-state index is 0.157. The van der Waals surface area contributed by atoms with Crippen LogP contribution in [0.3, 0.4) is 0 Å². The minimum Gasteiger partial charge on any atom is -0.354 e. The molecule has 7 heteroatoms. The molecule has 0 spiro atoms. The first kappa shape index (κ1) is 20.7. The van der Waals surface area contributed by atoms with Crippen molar-refractivity contribution >= 4 is 35.3 Å². The van der Waals surface area contributed by atoms with Crippen LogP contribution in [0.5, 0.6) is 0 Å². The van der Waals surface area contributed by atoms with Crippen LogP contribution in [0.2, 0.25) is 0 Å². The second-order valence-corrected chi connectivity index (χ2v) is 8.89. The van der Waals surface area contributed by atoms with Gasteiger partial charge in [0.1, 0.15) is 11.9 Å². The third kappa shape index (κ3) is 6.01. The Bertz CT molecular complexity index is 804. The molecule has 2 amide bonds. The highest BCUT2D eigenvalue weighted by Gasteiger charge is 2.32. The summed E-state index contributed by atoms with van der Waals surface area (Å²) in [5.41, 5.74) is 0.522. The fraction of sp³-hybridized carbons (Fsp3) is 0.333. The van der Waals surface area contributed by atoms with Gasteiger partial charge in [0, 0.05) is 17.2 Å². The lowest BCUT2D eigenvalue weighted by Crippen LogP contribution is -2.54. The fourth-order valence-corrected chi connectivity index (χ4v) is 4.91. The summed E-state index contributed by atoms with van der Waals surface area (Å²) in [7, 11) is 0. The second-order valence-electron chi connectivity index (χ2n) is 6.48. The van der Waals surface area contributed by atoms with Crippen LogP contribution in [0.15, 0.2) is 59.5 Å². The van der Waals surface area contributed by atoms with Crippen LogP contribution in [0, 0.1) is 5.82 Å². The van der Waals surface area contributed by atoms with Crippen molar-refractivity contribution in [1.82, 2.24) is 10.6 Å². The molecule has 0 aliphatic carbocycles. The van der Waals surface area contributed by atoms with Gasteiger partial charge in [-0.25, -0.2) is 4.39 Å². The first-order valence-electron chi connectivity index (χ1n) is 9.24. The van der Waals surface area contributed by atoms with Crippen LogP contribution in [0.1, 0.15) is 12.0 Å². The number of thioether (sulfide) groups is 2. The molecule has 2 N–H and O–H groups in total. The largest absolute Gasteiger partial charge is 0.354 e. The van der Waals surface area contributed by atoms with Crippen molar-refractivity contribution < 1.29 is 14.0 Å². The second kappa shape index (κ2) is 10.5. The van der Waals surface area contributed by atoms with E-state index in [2.05, 4.69) is 22.8 Å². The molecule has 1 aliphatic heterocycles. The van der Waals surface area contributed by atoms with Crippen LogP contribution in [0.25, 0.3) is 0 Å². The van der Waals surface area contributed by atoms with E-state index in [1.165, 1.54) is 22.7 Å². The lowest BCUT2D eigenvalue weighted by molar-refractivity contribution is -0.128. The molecule has 1 aliphatic rings. The molecule has 2 atom stereocenters. The van der Waals surface area contributed by atoms with Crippen molar-refractivity contribution in [3.63, 3.8) is 0 Å². The van der Waals surface area contributed by atoms with Gasteiger partial charge in [-0.2, -0.15) is 0 Å². The minimum atomic E-state index is -0.531. The average Bonchev–Trinajstić information content (AvgIpc) is 2.71. The Labute approximate surface area is 173 Å². The molecule has 1 heterocycles. The topological polar surface area (TPSA) is 58.2 Å². The zero-order valence-corrected chi connectivity index (χ0v) is 17.0. The molecule has 4 nitrogen and oxygen atoms in total. The molecule has 0 aromatic heterocycles. The molecule has 1 fully saturated rings. The maximum absolute atomic E-state index is 13.8. The summed E-state index contributed by atoms with van der Waals surface area (Å²) >= 11 is 3.16. The monoisotopic (exact) mass is 418 g/mol. The Morgan fingerprint density at radius 2 is 1.93 bits per heavy atom. The molecular weight excluding hydrogens is 395 g/mol. The summed E-state index contributed by atoms with van der Waals surface area (Å²) in [6, 6.07) is 16.1. The molecule has 1 saturated heterocycles. The number of nitrogens with one attached hydrogen (secondary N) is 2. The van der Waals surface area contributed by atoms with Gasteiger partial charge in [-0.1, -0.05) is 36.4 Å². The Balaban J connectivity index is 1.37. The van der Waals surface area contributed by atoms with E-state index in [0.717, 1.165) is 12.2 Å². The van der Waals surface area contributed by atoms with E-state index in [4.69, 9.17) is 0 Å². The van der Waals surface area contributed by atoms with Crippen LogP contribution >= 0.6 is 23.5 Å². The van der Waals surface area contributed by atoms with Crippen molar-refractivity contribution in [2.24, 2.45) is 0 Å². The zero-order valence-electron chi connectivity index (χ0n) is 15.4. The summed E-state index contributed by atoms with van der Waals surface area (Å²) in [5.74, 6) is 0.745. The number of benzene rings is 2. The Morgan fingerprint density at radius 3 is 2.68 bits per heavy atom. The molecule has 0 bridgehead atoms. The molecule has 0 radical (unpaired) electrons. The van der Waals surface area contributed by atoms with Gasteiger partial charge in [0.15, 0.2) is 0 Å². The average molecular weight is 419 g/mol. The smallest absolute Gasteiger partial charge is 0.243 e. The van der Waals surface area contributed by atoms with E-state index >= 15 is 0 Å². The number of carbonyl (C=O) groups is 2. The summed E-state index contributed by atoms with van der Waals surface area (Å²) in [6.07, 6.45) is 1.18. The Hall–Kier alpha value is -1.99. The highest BCUT2D eigenvalue weighted by atomic mass is 32.2. The van der Waals surface area contributed by atoms with Crippen molar-refractivity contribution in [2.75, 3.05) is 18.1 Å². The summed E-state index contributed by atoms with van der Waals surface area (Å²) in [5, 5.41) is 5.29. The number of hydrogen-bond donors (Lipinski definition) is 2. The van der Waals surface area contributed by atoms with E-state index in [9.17, 15) is 14.0 Å². The quantitative estimate of drug-likeness (QED) is 0.510. The number of carbonyl (C=O) groups excluding carboxylic acids is 2. The molecule has 0 saturated carbocycles. The summed E-state index contributed by atoms with van der Waals surface area (Å²) < 4.78 is 13.8. The third-order valence-corrected chi connectivity index (χ3v) is 6.79. The Kier molecular flexibility index (Phi) is 7.80.